The first-order valence-corrected chi connectivity index (χ1v) is 7.66. The van der Waals surface area contributed by atoms with Crippen molar-refractivity contribution in [2.75, 3.05) is 0 Å². The van der Waals surface area contributed by atoms with Gasteiger partial charge in [-0.25, -0.2) is 0 Å². The Hall–Kier alpha value is -1.31. The Morgan fingerprint density at radius 2 is 1.70 bits per heavy atom. The largest absolute Gasteiger partial charge is 0.459 e. The summed E-state index contributed by atoms with van der Waals surface area (Å²) in [6, 6.07) is 8.34. The van der Waals surface area contributed by atoms with Gasteiger partial charge in [0.05, 0.1) is 5.92 Å². The second kappa shape index (κ2) is 5.99. The molecule has 2 nitrogen and oxygen atoms in total. The van der Waals surface area contributed by atoms with Crippen LogP contribution in [0.3, 0.4) is 0 Å². The van der Waals surface area contributed by atoms with Crippen LogP contribution < -0.4 is 0 Å². The average Bonchev–Trinajstić information content (AvgIpc) is 2.83. The zero-order chi connectivity index (χ0) is 14.8. The normalized spacial score (nSPS) is 18.0. The molecule has 1 atom stereocenters. The van der Waals surface area contributed by atoms with E-state index in [2.05, 4.69) is 31.2 Å². The van der Waals surface area contributed by atoms with Crippen molar-refractivity contribution >= 4 is 5.97 Å². The number of hydrogen-bond acceptors (Lipinski definition) is 2. The highest BCUT2D eigenvalue weighted by molar-refractivity contribution is 5.79. The number of ether oxygens (including phenoxy) is 1. The summed E-state index contributed by atoms with van der Waals surface area (Å²) in [5.41, 5.74) is 1.92. The molecule has 1 aromatic rings. The smallest absolute Gasteiger partial charge is 0.314 e. The van der Waals surface area contributed by atoms with E-state index in [-0.39, 0.29) is 11.9 Å². The van der Waals surface area contributed by atoms with E-state index in [1.165, 1.54) is 18.4 Å². The number of carbonyl (C=O) groups is 1. The molecule has 20 heavy (non-hydrogen) atoms. The highest BCUT2D eigenvalue weighted by Crippen LogP contribution is 2.38. The molecule has 0 saturated heterocycles. The SMILES string of the molecule is Cc1ccc([C@H](C(=O)OC(C)(C)C)C2CCCC2)cc1. The fourth-order valence-electron chi connectivity index (χ4n) is 3.03. The van der Waals surface area contributed by atoms with Gasteiger partial charge in [0, 0.05) is 0 Å². The first kappa shape index (κ1) is 15.1. The van der Waals surface area contributed by atoms with Crippen LogP contribution in [0.15, 0.2) is 24.3 Å². The number of carbonyl (C=O) groups excluding carboxylic acids is 1. The van der Waals surface area contributed by atoms with Crippen LogP contribution in [0.25, 0.3) is 0 Å². The van der Waals surface area contributed by atoms with Crippen LogP contribution in [0.2, 0.25) is 0 Å². The Morgan fingerprint density at radius 1 is 1.15 bits per heavy atom. The third kappa shape index (κ3) is 3.84. The molecule has 1 aromatic carbocycles. The first-order chi connectivity index (χ1) is 9.37. The molecule has 0 aliphatic heterocycles. The molecule has 0 radical (unpaired) electrons. The highest BCUT2D eigenvalue weighted by atomic mass is 16.6. The lowest BCUT2D eigenvalue weighted by Gasteiger charge is -2.27. The lowest BCUT2D eigenvalue weighted by Crippen LogP contribution is -2.30. The third-order valence-electron chi connectivity index (χ3n) is 3.97. The van der Waals surface area contributed by atoms with E-state index in [0.717, 1.165) is 18.4 Å². The van der Waals surface area contributed by atoms with E-state index >= 15 is 0 Å². The number of rotatable bonds is 3. The lowest BCUT2D eigenvalue weighted by atomic mass is 9.84. The van der Waals surface area contributed by atoms with Crippen LogP contribution in [-0.4, -0.2) is 11.6 Å². The molecule has 0 amide bonds. The molecule has 0 spiro atoms. The molecule has 1 saturated carbocycles. The first-order valence-electron chi connectivity index (χ1n) is 7.66. The van der Waals surface area contributed by atoms with Gasteiger partial charge in [-0.2, -0.15) is 0 Å². The molecule has 0 aromatic heterocycles. The maximum Gasteiger partial charge on any atom is 0.314 e. The lowest BCUT2D eigenvalue weighted by molar-refractivity contribution is -0.158. The zero-order valence-corrected chi connectivity index (χ0v) is 13.1. The van der Waals surface area contributed by atoms with E-state index in [1.54, 1.807) is 0 Å². The molecule has 0 bridgehead atoms. The van der Waals surface area contributed by atoms with Crippen LogP contribution in [0.5, 0.6) is 0 Å². The molecule has 0 N–H and O–H groups in total. The summed E-state index contributed by atoms with van der Waals surface area (Å²) in [6.07, 6.45) is 4.74. The van der Waals surface area contributed by atoms with E-state index < -0.39 is 5.60 Å². The highest BCUT2D eigenvalue weighted by Gasteiger charge is 2.34. The van der Waals surface area contributed by atoms with Gasteiger partial charge in [0.1, 0.15) is 5.60 Å². The summed E-state index contributed by atoms with van der Waals surface area (Å²) in [7, 11) is 0. The Morgan fingerprint density at radius 3 is 2.20 bits per heavy atom. The van der Waals surface area contributed by atoms with Gasteiger partial charge in [0.15, 0.2) is 0 Å². The van der Waals surface area contributed by atoms with Gasteiger partial charge in [-0.05, 0) is 52.0 Å². The minimum atomic E-state index is -0.418. The van der Waals surface area contributed by atoms with Crippen molar-refractivity contribution in [3.63, 3.8) is 0 Å². The fraction of sp³-hybridized carbons (Fsp3) is 0.611. The summed E-state index contributed by atoms with van der Waals surface area (Å²) in [4.78, 5) is 12.6. The second-order valence-electron chi connectivity index (χ2n) is 6.97. The number of hydrogen-bond donors (Lipinski definition) is 0. The van der Waals surface area contributed by atoms with Crippen molar-refractivity contribution in [3.8, 4) is 0 Å². The van der Waals surface area contributed by atoms with Gasteiger partial charge in [-0.15, -0.1) is 0 Å². The van der Waals surface area contributed by atoms with Gasteiger partial charge in [0.2, 0.25) is 0 Å². The molecule has 0 heterocycles. The fourth-order valence-corrected chi connectivity index (χ4v) is 3.03. The van der Waals surface area contributed by atoms with E-state index in [0.29, 0.717) is 5.92 Å². The Bertz CT molecular complexity index is 447. The maximum atomic E-state index is 12.6. The van der Waals surface area contributed by atoms with E-state index in [4.69, 9.17) is 4.74 Å². The van der Waals surface area contributed by atoms with Crippen molar-refractivity contribution in [2.24, 2.45) is 5.92 Å². The number of aryl methyl sites for hydroxylation is 1. The van der Waals surface area contributed by atoms with E-state index in [1.807, 2.05) is 20.8 Å². The predicted molar refractivity (Wildman–Crippen MR) is 81.7 cm³/mol. The summed E-state index contributed by atoms with van der Waals surface area (Å²) in [5, 5.41) is 0. The molecule has 110 valence electrons. The van der Waals surface area contributed by atoms with Crippen LogP contribution in [0.4, 0.5) is 0 Å². The van der Waals surface area contributed by atoms with Crippen LogP contribution in [0, 0.1) is 12.8 Å². The van der Waals surface area contributed by atoms with Crippen LogP contribution in [0.1, 0.15) is 63.5 Å². The summed E-state index contributed by atoms with van der Waals surface area (Å²) >= 11 is 0. The monoisotopic (exact) mass is 274 g/mol. The maximum absolute atomic E-state index is 12.6. The molecule has 0 unspecified atom stereocenters. The summed E-state index contributed by atoms with van der Waals surface area (Å²) < 4.78 is 5.66. The molecule has 2 heteroatoms. The van der Waals surface area contributed by atoms with Gasteiger partial charge < -0.3 is 4.74 Å². The van der Waals surface area contributed by atoms with Crippen molar-refractivity contribution < 1.29 is 9.53 Å². The summed E-state index contributed by atoms with van der Waals surface area (Å²) in [6.45, 7) is 7.88. The Balaban J connectivity index is 2.24. The molecule has 1 aliphatic rings. The van der Waals surface area contributed by atoms with Crippen molar-refractivity contribution in [2.45, 2.75) is 64.9 Å². The van der Waals surface area contributed by atoms with Crippen molar-refractivity contribution in [1.29, 1.82) is 0 Å². The van der Waals surface area contributed by atoms with E-state index in [9.17, 15) is 4.79 Å². The number of esters is 1. The van der Waals surface area contributed by atoms with Gasteiger partial charge >= 0.3 is 5.97 Å². The van der Waals surface area contributed by atoms with Crippen molar-refractivity contribution in [3.05, 3.63) is 35.4 Å². The predicted octanol–water partition coefficient (Wildman–Crippen LogP) is 4.61. The summed E-state index contributed by atoms with van der Waals surface area (Å²) in [5.74, 6) is 0.276. The number of benzene rings is 1. The quantitative estimate of drug-likeness (QED) is 0.752. The molecule has 1 aliphatic carbocycles. The molecular weight excluding hydrogens is 248 g/mol. The topological polar surface area (TPSA) is 26.3 Å². The van der Waals surface area contributed by atoms with Gasteiger partial charge in [-0.3, -0.25) is 4.79 Å². The average molecular weight is 274 g/mol. The third-order valence-corrected chi connectivity index (χ3v) is 3.97. The molecular formula is C18H26O2. The minimum Gasteiger partial charge on any atom is -0.459 e. The molecule has 2 rings (SSSR count). The standard InChI is InChI=1S/C18H26O2/c1-13-9-11-15(12-10-13)16(14-7-5-6-8-14)17(19)20-18(2,3)4/h9-12,14,16H,5-8H2,1-4H3/t16-/m1/s1. The zero-order valence-electron chi connectivity index (χ0n) is 13.1. The Kier molecular flexibility index (Phi) is 4.52. The van der Waals surface area contributed by atoms with Gasteiger partial charge in [0.25, 0.3) is 0 Å². The van der Waals surface area contributed by atoms with Crippen molar-refractivity contribution in [1.82, 2.24) is 0 Å². The molecule has 1 fully saturated rings. The van der Waals surface area contributed by atoms with Gasteiger partial charge in [-0.1, -0.05) is 42.7 Å². The van der Waals surface area contributed by atoms with Crippen LogP contribution >= 0.6 is 0 Å². The van der Waals surface area contributed by atoms with Crippen LogP contribution in [-0.2, 0) is 9.53 Å². The Labute approximate surface area is 122 Å². The second-order valence-corrected chi connectivity index (χ2v) is 6.97. The minimum absolute atomic E-state index is 0.0618.